The number of nitrogens with two attached hydrogens (primary N) is 1. The van der Waals surface area contributed by atoms with Crippen LogP contribution in [0.2, 0.25) is 5.02 Å². The topological polar surface area (TPSA) is 77.2 Å². The summed E-state index contributed by atoms with van der Waals surface area (Å²) >= 11 is 6.15. The molecule has 0 spiro atoms. The van der Waals surface area contributed by atoms with Gasteiger partial charge in [0.25, 0.3) is 5.91 Å². The summed E-state index contributed by atoms with van der Waals surface area (Å²) in [6, 6.07) is 7.13. The van der Waals surface area contributed by atoms with E-state index in [0.29, 0.717) is 22.8 Å². The molecule has 1 aromatic carbocycles. The molecule has 0 atom stereocenters. The predicted octanol–water partition coefficient (Wildman–Crippen LogP) is 2.90. The van der Waals surface area contributed by atoms with Crippen LogP contribution in [0.25, 0.3) is 10.9 Å². The Morgan fingerprint density at radius 2 is 2.09 bits per heavy atom. The van der Waals surface area contributed by atoms with Crippen LogP contribution in [-0.2, 0) is 4.79 Å². The molecule has 6 heteroatoms. The van der Waals surface area contributed by atoms with Gasteiger partial charge in [0.1, 0.15) is 11.3 Å². The van der Waals surface area contributed by atoms with Crippen LogP contribution in [-0.4, -0.2) is 29.6 Å². The minimum atomic E-state index is -0.374. The molecule has 5 nitrogen and oxygen atoms in total. The zero-order valence-electron chi connectivity index (χ0n) is 13.4. The summed E-state index contributed by atoms with van der Waals surface area (Å²) in [5.41, 5.74) is 6.06. The summed E-state index contributed by atoms with van der Waals surface area (Å²) in [4.78, 5) is 16.5. The fraction of sp³-hybridized carbons (Fsp3) is 0.412. The number of hydrogen-bond acceptors (Lipinski definition) is 4. The van der Waals surface area contributed by atoms with Gasteiger partial charge in [-0.05, 0) is 37.1 Å². The second kappa shape index (κ2) is 7.62. The average Bonchev–Trinajstić information content (AvgIpc) is 2.59. The van der Waals surface area contributed by atoms with Crippen molar-refractivity contribution >= 4 is 28.4 Å². The van der Waals surface area contributed by atoms with E-state index in [0.717, 1.165) is 18.2 Å². The normalized spacial score (nSPS) is 11.5. The molecule has 3 N–H and O–H groups in total. The van der Waals surface area contributed by atoms with Crippen LogP contribution >= 0.6 is 11.6 Å². The number of pyridine rings is 1. The molecule has 2 rings (SSSR count). The summed E-state index contributed by atoms with van der Waals surface area (Å²) in [5, 5.41) is 4.37. The highest BCUT2D eigenvalue weighted by molar-refractivity contribution is 6.35. The number of nitrogens with one attached hydrogen (secondary N) is 1. The van der Waals surface area contributed by atoms with E-state index in [9.17, 15) is 4.79 Å². The largest absolute Gasteiger partial charge is 0.481 e. The lowest BCUT2D eigenvalue weighted by molar-refractivity contribution is -0.125. The Hall–Kier alpha value is -1.85. The minimum absolute atomic E-state index is 0.0882. The fourth-order valence-corrected chi connectivity index (χ4v) is 2.69. The number of amides is 1. The first-order valence-electron chi connectivity index (χ1n) is 7.72. The highest BCUT2D eigenvalue weighted by atomic mass is 35.5. The number of halogens is 1. The number of carbonyl (C=O) groups is 1. The third-order valence-corrected chi connectivity index (χ3v) is 4.52. The Labute approximate surface area is 141 Å². The number of rotatable bonds is 7. The van der Waals surface area contributed by atoms with Crippen LogP contribution in [0.3, 0.4) is 0 Å². The minimum Gasteiger partial charge on any atom is -0.481 e. The molecule has 0 aliphatic rings. The molecule has 0 unspecified atom stereocenters. The lowest BCUT2D eigenvalue weighted by atomic mass is 9.93. The zero-order chi connectivity index (χ0) is 16.9. The Balaban J connectivity index is 2.10. The molecule has 23 heavy (non-hydrogen) atoms. The van der Waals surface area contributed by atoms with E-state index in [1.54, 1.807) is 18.3 Å². The maximum Gasteiger partial charge on any atom is 0.258 e. The Kier molecular flexibility index (Phi) is 5.80. The van der Waals surface area contributed by atoms with Crippen molar-refractivity contribution in [1.29, 1.82) is 0 Å². The number of carbonyl (C=O) groups excluding carboxylic acids is 1. The van der Waals surface area contributed by atoms with E-state index in [-0.39, 0.29) is 18.1 Å². The van der Waals surface area contributed by atoms with Crippen molar-refractivity contribution in [1.82, 2.24) is 10.3 Å². The third-order valence-electron chi connectivity index (χ3n) is 4.19. The van der Waals surface area contributed by atoms with E-state index in [4.69, 9.17) is 22.1 Å². The molecule has 0 radical (unpaired) electrons. The first kappa shape index (κ1) is 17.5. The van der Waals surface area contributed by atoms with Crippen molar-refractivity contribution in [3.63, 3.8) is 0 Å². The van der Waals surface area contributed by atoms with E-state index in [2.05, 4.69) is 10.3 Å². The highest BCUT2D eigenvalue weighted by Gasteiger charge is 2.26. The number of fused-ring (bicyclic) bond motifs is 1. The number of nitrogens with zero attached hydrogens (tertiary/aromatic N) is 1. The Bertz CT molecular complexity index is 678. The van der Waals surface area contributed by atoms with Crippen molar-refractivity contribution in [3.8, 4) is 5.75 Å². The lowest BCUT2D eigenvalue weighted by Gasteiger charge is -2.31. The molecule has 0 fully saturated rings. The molecule has 0 aliphatic heterocycles. The Morgan fingerprint density at radius 3 is 2.74 bits per heavy atom. The molecular weight excluding hydrogens is 314 g/mol. The van der Waals surface area contributed by atoms with Crippen molar-refractivity contribution in [2.24, 2.45) is 5.73 Å². The number of hydrogen-bond donors (Lipinski definition) is 2. The third kappa shape index (κ3) is 3.92. The summed E-state index contributed by atoms with van der Waals surface area (Å²) in [6.45, 7) is 4.33. The molecule has 0 saturated carbocycles. The summed E-state index contributed by atoms with van der Waals surface area (Å²) in [7, 11) is 0. The first-order valence-corrected chi connectivity index (χ1v) is 8.10. The smallest absolute Gasteiger partial charge is 0.258 e. The standard InChI is InChI=1S/C17H22ClN3O2/c1-3-17(4-2,11-19)21-15(22)10-23-14-8-7-13(18)12-6-5-9-20-16(12)14/h5-9H,3-4,10-11,19H2,1-2H3,(H,21,22). The summed E-state index contributed by atoms with van der Waals surface area (Å²) in [6.07, 6.45) is 3.22. The molecule has 1 aromatic heterocycles. The van der Waals surface area contributed by atoms with Crippen molar-refractivity contribution in [2.45, 2.75) is 32.2 Å². The highest BCUT2D eigenvalue weighted by Crippen LogP contribution is 2.29. The number of aromatic nitrogens is 1. The number of ether oxygens (including phenoxy) is 1. The van der Waals surface area contributed by atoms with Gasteiger partial charge in [0.2, 0.25) is 0 Å². The average molecular weight is 336 g/mol. The maximum atomic E-state index is 12.2. The molecule has 0 saturated heterocycles. The van der Waals surface area contributed by atoms with Crippen molar-refractivity contribution in [3.05, 3.63) is 35.5 Å². The summed E-state index contributed by atoms with van der Waals surface area (Å²) in [5.74, 6) is 0.338. The van der Waals surface area contributed by atoms with Gasteiger partial charge >= 0.3 is 0 Å². The second-order valence-corrected chi connectivity index (χ2v) is 5.88. The van der Waals surface area contributed by atoms with Gasteiger partial charge in [-0.25, -0.2) is 0 Å². The first-order chi connectivity index (χ1) is 11.0. The summed E-state index contributed by atoms with van der Waals surface area (Å²) < 4.78 is 5.64. The van der Waals surface area contributed by atoms with Crippen LogP contribution in [0.5, 0.6) is 5.75 Å². The second-order valence-electron chi connectivity index (χ2n) is 5.47. The van der Waals surface area contributed by atoms with E-state index >= 15 is 0 Å². The SMILES string of the molecule is CCC(CC)(CN)NC(=O)COc1ccc(Cl)c2cccnc12. The predicted molar refractivity (Wildman–Crippen MR) is 92.8 cm³/mol. The molecule has 0 bridgehead atoms. The maximum absolute atomic E-state index is 12.2. The van der Waals surface area contributed by atoms with Gasteiger partial charge in [-0.15, -0.1) is 0 Å². The van der Waals surface area contributed by atoms with Crippen LogP contribution in [0, 0.1) is 0 Å². The van der Waals surface area contributed by atoms with Crippen LogP contribution < -0.4 is 15.8 Å². The van der Waals surface area contributed by atoms with Crippen LogP contribution in [0.1, 0.15) is 26.7 Å². The van der Waals surface area contributed by atoms with Crippen LogP contribution in [0.4, 0.5) is 0 Å². The van der Waals surface area contributed by atoms with E-state index in [1.165, 1.54) is 0 Å². The zero-order valence-corrected chi connectivity index (χ0v) is 14.2. The van der Waals surface area contributed by atoms with Crippen molar-refractivity contribution in [2.75, 3.05) is 13.2 Å². The van der Waals surface area contributed by atoms with Gasteiger partial charge in [-0.2, -0.15) is 0 Å². The van der Waals surface area contributed by atoms with Crippen molar-refractivity contribution < 1.29 is 9.53 Å². The molecule has 2 aromatic rings. The van der Waals surface area contributed by atoms with E-state index < -0.39 is 0 Å². The lowest BCUT2D eigenvalue weighted by Crippen LogP contribution is -2.54. The monoisotopic (exact) mass is 335 g/mol. The molecule has 0 aliphatic carbocycles. The Morgan fingerprint density at radius 1 is 1.35 bits per heavy atom. The van der Waals surface area contributed by atoms with Crippen LogP contribution in [0.15, 0.2) is 30.5 Å². The molecule has 124 valence electrons. The molecule has 1 amide bonds. The van der Waals surface area contributed by atoms with Gasteiger partial charge in [-0.1, -0.05) is 25.4 Å². The fourth-order valence-electron chi connectivity index (χ4n) is 2.47. The van der Waals surface area contributed by atoms with Gasteiger partial charge < -0.3 is 15.8 Å². The number of benzene rings is 1. The van der Waals surface area contributed by atoms with Gasteiger partial charge in [-0.3, -0.25) is 9.78 Å². The van der Waals surface area contributed by atoms with Gasteiger partial charge in [0.05, 0.1) is 10.6 Å². The quantitative estimate of drug-likeness (QED) is 0.815. The molecule has 1 heterocycles. The van der Waals surface area contributed by atoms with E-state index in [1.807, 2.05) is 26.0 Å². The van der Waals surface area contributed by atoms with Gasteiger partial charge in [0.15, 0.2) is 6.61 Å². The molecular formula is C17H22ClN3O2. The van der Waals surface area contributed by atoms with Gasteiger partial charge in [0, 0.05) is 18.1 Å².